The summed E-state index contributed by atoms with van der Waals surface area (Å²) in [7, 11) is 0. The fourth-order valence-electron chi connectivity index (χ4n) is 7.30. The summed E-state index contributed by atoms with van der Waals surface area (Å²) in [5, 5.41) is -2.19. The van der Waals surface area contributed by atoms with E-state index in [1.165, 1.54) is 4.57 Å². The predicted octanol–water partition coefficient (Wildman–Crippen LogP) is 15.2. The van der Waals surface area contributed by atoms with E-state index in [2.05, 4.69) is 0 Å². The summed E-state index contributed by atoms with van der Waals surface area (Å²) in [6.45, 7) is 0. The number of hydrogen-bond acceptors (Lipinski definition) is 1. The largest absolute Gasteiger partial charge is 0.309 e. The Kier molecular flexibility index (Phi) is 3.58. The van der Waals surface area contributed by atoms with Gasteiger partial charge >= 0.3 is 0 Å². The van der Waals surface area contributed by atoms with Crippen LogP contribution in [0.25, 0.3) is 109 Å². The first-order valence-corrected chi connectivity index (χ1v) is 18.3. The number of thiophene rings is 1. The van der Waals surface area contributed by atoms with E-state index in [1.807, 2.05) is 30.3 Å². The van der Waals surface area contributed by atoms with Gasteiger partial charge in [0.25, 0.3) is 0 Å². The van der Waals surface area contributed by atoms with Crippen LogP contribution in [0, 0.1) is 0 Å². The second-order valence-electron chi connectivity index (χ2n) is 13.0. The van der Waals surface area contributed by atoms with Crippen molar-refractivity contribution in [1.82, 2.24) is 9.13 Å². The van der Waals surface area contributed by atoms with Crippen molar-refractivity contribution in [3.8, 4) is 44.8 Å². The molecule has 3 heteroatoms. The highest BCUT2D eigenvalue weighted by Gasteiger charge is 2.19. The maximum absolute atomic E-state index is 10.2. The summed E-state index contributed by atoms with van der Waals surface area (Å²) in [4.78, 5) is 0. The van der Waals surface area contributed by atoms with Crippen LogP contribution in [-0.2, 0) is 0 Å². The van der Waals surface area contributed by atoms with Crippen molar-refractivity contribution in [2.75, 3.05) is 0 Å². The molecular weight excluding hydrogens is 709 g/mol. The summed E-state index contributed by atoms with van der Waals surface area (Å²) >= 11 is 0.658. The molecule has 12 rings (SSSR count). The lowest BCUT2D eigenvalue weighted by Crippen LogP contribution is -1.96. The van der Waals surface area contributed by atoms with Crippen molar-refractivity contribution < 1.29 is 34.3 Å². The summed E-state index contributed by atoms with van der Waals surface area (Å²) in [6.07, 6.45) is 0. The van der Waals surface area contributed by atoms with Crippen molar-refractivity contribution >= 4 is 75.1 Å². The van der Waals surface area contributed by atoms with Gasteiger partial charge in [-0.1, -0.05) is 139 Å². The molecule has 0 saturated carbocycles. The van der Waals surface area contributed by atoms with Crippen molar-refractivity contribution in [2.24, 2.45) is 0 Å². The van der Waals surface area contributed by atoms with Crippen LogP contribution >= 0.6 is 11.3 Å². The Bertz CT molecular complexity index is 4940. The van der Waals surface area contributed by atoms with E-state index < -0.39 is 201 Å². The molecule has 57 heavy (non-hydrogen) atoms. The zero-order chi connectivity index (χ0) is 59.2. The lowest BCUT2D eigenvalue weighted by Gasteiger charge is -2.13. The van der Waals surface area contributed by atoms with Crippen LogP contribution in [0.3, 0.4) is 0 Å². The van der Waals surface area contributed by atoms with Crippen LogP contribution in [0.1, 0.15) is 34.3 Å². The van der Waals surface area contributed by atoms with Crippen molar-refractivity contribution in [3.63, 3.8) is 0 Å². The Morgan fingerprint density at radius 2 is 0.965 bits per heavy atom. The summed E-state index contributed by atoms with van der Waals surface area (Å²) < 4.78 is 231. The van der Waals surface area contributed by atoms with Gasteiger partial charge in [-0.05, 0) is 94.3 Å². The molecule has 0 radical (unpaired) electrons. The smallest absolute Gasteiger partial charge is 0.0652 e. The number of rotatable bonds is 5. The third-order valence-corrected chi connectivity index (χ3v) is 10.8. The van der Waals surface area contributed by atoms with E-state index in [4.69, 9.17) is 15.1 Å². The first kappa shape index (κ1) is 16.1. The van der Waals surface area contributed by atoms with Crippen molar-refractivity contribution in [3.05, 3.63) is 206 Å². The van der Waals surface area contributed by atoms with Crippen LogP contribution < -0.4 is 0 Å². The first-order chi connectivity index (χ1) is 38.7. The molecule has 0 aliphatic carbocycles. The molecule has 0 aliphatic rings. The van der Waals surface area contributed by atoms with Gasteiger partial charge in [-0.3, -0.25) is 0 Å². The summed E-state index contributed by atoms with van der Waals surface area (Å²) in [5.74, 6) is 0. The van der Waals surface area contributed by atoms with Gasteiger partial charge < -0.3 is 9.13 Å². The van der Waals surface area contributed by atoms with Crippen LogP contribution in [-0.4, -0.2) is 9.13 Å². The average molecular weight is 768 g/mol. The molecule has 0 saturated heterocycles. The quantitative estimate of drug-likeness (QED) is 0.165. The van der Waals surface area contributed by atoms with Crippen LogP contribution in [0.5, 0.6) is 0 Å². The minimum Gasteiger partial charge on any atom is -0.309 e. The second kappa shape index (κ2) is 12.7. The molecule has 3 heterocycles. The maximum Gasteiger partial charge on any atom is 0.0652 e. The van der Waals surface area contributed by atoms with E-state index >= 15 is 0 Å². The van der Waals surface area contributed by atoms with E-state index in [-0.39, 0.29) is 47.7 Å². The maximum atomic E-state index is 10.2. The van der Waals surface area contributed by atoms with E-state index in [0.29, 0.717) is 11.3 Å². The zero-order valence-corrected chi connectivity index (χ0v) is 29.8. The number of para-hydroxylation sites is 3. The Balaban J connectivity index is 1.25. The van der Waals surface area contributed by atoms with Gasteiger partial charge in [-0.2, -0.15) is 0 Å². The number of benzene rings is 9. The molecule has 0 spiro atoms. The highest BCUT2D eigenvalue weighted by molar-refractivity contribution is 7.25. The number of aromatic nitrogens is 2. The fourth-order valence-corrected chi connectivity index (χ4v) is 8.22. The standard InChI is InChI=1S/C54H34N2S/c1-3-12-35(13-4-1)37-22-26-40(27-23-37)56-50-21-10-7-16-43(50)45-19-11-18-42(54(45)56)39-24-29-51-46(33-39)44-17-8-9-20-49(44)55(51)41-28-31-53-48(34-41)47-32-38(25-30-52(47)57-53)36-14-5-2-6-15-36/h1-34H/i2D,5D,6D,7D,8D,9D,10D,11D,14D,15D,16D,17D,18D,19D,20D,21D,24D,25D,28D,29D,30D,31D,32D,33D,34D. The van der Waals surface area contributed by atoms with E-state index in [1.54, 1.807) is 24.3 Å². The molecule has 0 fully saturated rings. The zero-order valence-electron chi connectivity index (χ0n) is 54.0. The van der Waals surface area contributed by atoms with E-state index in [0.717, 1.165) is 15.7 Å². The third kappa shape index (κ3) is 5.03. The monoisotopic (exact) mass is 767 g/mol. The molecule has 2 nitrogen and oxygen atoms in total. The van der Waals surface area contributed by atoms with Gasteiger partial charge in [-0.25, -0.2) is 0 Å². The third-order valence-electron chi connectivity index (χ3n) is 9.82. The van der Waals surface area contributed by atoms with Crippen molar-refractivity contribution in [1.29, 1.82) is 0 Å². The number of hydrogen-bond donors (Lipinski definition) is 0. The van der Waals surface area contributed by atoms with Gasteiger partial charge in [0.1, 0.15) is 0 Å². The van der Waals surface area contributed by atoms with Crippen LogP contribution in [0.15, 0.2) is 206 Å². The molecule has 12 aromatic rings. The topological polar surface area (TPSA) is 9.86 Å². The van der Waals surface area contributed by atoms with Gasteiger partial charge in [0.15, 0.2) is 0 Å². The predicted molar refractivity (Wildman–Crippen MR) is 244 cm³/mol. The van der Waals surface area contributed by atoms with Gasteiger partial charge in [0.05, 0.1) is 56.3 Å². The summed E-state index contributed by atoms with van der Waals surface area (Å²) in [6, 6.07) is -3.14. The van der Waals surface area contributed by atoms with Gasteiger partial charge in [-0.15, -0.1) is 11.3 Å². The Morgan fingerprint density at radius 3 is 1.77 bits per heavy atom. The minimum atomic E-state index is -0.899. The first-order valence-electron chi connectivity index (χ1n) is 30.0. The average Bonchev–Trinajstić information content (AvgIpc) is 1.74. The Hall–Kier alpha value is -7.20. The molecule has 0 bridgehead atoms. The highest BCUT2D eigenvalue weighted by Crippen LogP contribution is 2.42. The molecule has 266 valence electrons. The van der Waals surface area contributed by atoms with Crippen molar-refractivity contribution in [2.45, 2.75) is 0 Å². The normalized spacial score (nSPS) is 18.0. The minimum absolute atomic E-state index is 0.168. The molecule has 3 aromatic heterocycles. The van der Waals surface area contributed by atoms with Gasteiger partial charge in [0, 0.05) is 58.7 Å². The molecule has 0 unspecified atom stereocenters. The highest BCUT2D eigenvalue weighted by atomic mass is 32.1. The molecular formula is C54H34N2S. The SMILES string of the molecule is [2H]c1c([2H])c([2H])c(-c2c([2H])c([2H])c3sc4c([2H])c([2H])c(-n5c6c([2H])c([2H])c([2H])c([2H])c6c6c([2H])c(-c7c([2H])c([2H])c([2H])c8c9c([2H])c([2H])c([2H])c([2H])c9n(-c9ccc(-c%10ccccc%10)cc9)c78)c([2H])c([2H])c65)c([2H])c4c3c2[2H])c([2H])c1[2H]. The van der Waals surface area contributed by atoms with Crippen LogP contribution in [0.4, 0.5) is 0 Å². The molecule has 9 aromatic carbocycles. The fraction of sp³-hybridized carbons (Fsp3) is 0. The number of nitrogens with zero attached hydrogens (tertiary/aromatic N) is 2. The molecule has 0 aliphatic heterocycles. The van der Waals surface area contributed by atoms with Crippen LogP contribution in [0.2, 0.25) is 0 Å². The molecule has 0 amide bonds. The summed E-state index contributed by atoms with van der Waals surface area (Å²) in [5.41, 5.74) is -2.79. The van der Waals surface area contributed by atoms with E-state index in [9.17, 15) is 19.2 Å². The lowest BCUT2D eigenvalue weighted by molar-refractivity contribution is 1.18. The second-order valence-corrected chi connectivity index (χ2v) is 14.0. The lowest BCUT2D eigenvalue weighted by atomic mass is 9.99. The molecule has 0 atom stereocenters. The molecule has 0 N–H and O–H groups in total. The Labute approximate surface area is 368 Å². The number of fused-ring (bicyclic) bond motifs is 9. The Morgan fingerprint density at radius 1 is 0.351 bits per heavy atom. The van der Waals surface area contributed by atoms with Gasteiger partial charge in [0.2, 0.25) is 0 Å².